The number of aliphatic hydroxyl groups is 1. The van der Waals surface area contributed by atoms with E-state index in [9.17, 15) is 5.11 Å². The number of thiazole rings is 1. The van der Waals surface area contributed by atoms with Gasteiger partial charge in [-0.15, -0.1) is 11.3 Å². The number of aromatic nitrogens is 1. The number of nitriles is 1. The molecule has 1 aromatic carbocycles. The summed E-state index contributed by atoms with van der Waals surface area (Å²) >= 11 is 1.42. The number of nitrogens with zero attached hydrogens (tertiary/aromatic N) is 2. The van der Waals surface area contributed by atoms with E-state index in [4.69, 9.17) is 5.26 Å². The third-order valence-corrected chi connectivity index (χ3v) is 3.18. The van der Waals surface area contributed by atoms with E-state index < -0.39 is 6.10 Å². The quantitative estimate of drug-likeness (QED) is 0.863. The molecule has 1 aromatic heterocycles. The van der Waals surface area contributed by atoms with E-state index in [2.05, 4.69) is 11.1 Å². The van der Waals surface area contributed by atoms with Crippen molar-refractivity contribution in [3.63, 3.8) is 0 Å². The van der Waals surface area contributed by atoms with Gasteiger partial charge < -0.3 is 5.11 Å². The van der Waals surface area contributed by atoms with Crippen LogP contribution in [0.5, 0.6) is 0 Å². The zero-order valence-corrected chi connectivity index (χ0v) is 9.53. The lowest BCUT2D eigenvalue weighted by Gasteiger charge is -1.98. The molecule has 1 N–H and O–H groups in total. The molecule has 0 radical (unpaired) electrons. The minimum atomic E-state index is -0.544. The minimum absolute atomic E-state index is 0.544. The summed E-state index contributed by atoms with van der Waals surface area (Å²) in [5.41, 5.74) is 2.32. The van der Waals surface area contributed by atoms with Crippen molar-refractivity contribution in [1.29, 1.82) is 5.26 Å². The van der Waals surface area contributed by atoms with Crippen molar-refractivity contribution in [1.82, 2.24) is 4.98 Å². The van der Waals surface area contributed by atoms with E-state index in [1.54, 1.807) is 19.1 Å². The summed E-state index contributed by atoms with van der Waals surface area (Å²) < 4.78 is 0. The molecule has 0 spiro atoms. The highest BCUT2D eigenvalue weighted by Gasteiger charge is 2.08. The number of aliphatic hydroxyl groups excluding tert-OH is 1. The minimum Gasteiger partial charge on any atom is -0.386 e. The molecular weight excluding hydrogens is 220 g/mol. The molecule has 1 atom stereocenters. The zero-order valence-electron chi connectivity index (χ0n) is 8.71. The molecule has 0 saturated heterocycles. The molecule has 4 heteroatoms. The van der Waals surface area contributed by atoms with Gasteiger partial charge in [0.05, 0.1) is 17.3 Å². The number of benzene rings is 1. The number of rotatable bonds is 2. The Labute approximate surface area is 97.6 Å². The molecule has 0 bridgehead atoms. The Balaban J connectivity index is 2.39. The monoisotopic (exact) mass is 230 g/mol. The Morgan fingerprint density at radius 3 is 2.94 bits per heavy atom. The second kappa shape index (κ2) is 4.44. The van der Waals surface area contributed by atoms with Crippen molar-refractivity contribution in [3.8, 4) is 17.3 Å². The normalized spacial score (nSPS) is 12.1. The Morgan fingerprint density at radius 1 is 1.50 bits per heavy atom. The summed E-state index contributed by atoms with van der Waals surface area (Å²) in [7, 11) is 0. The maximum absolute atomic E-state index is 9.38. The van der Waals surface area contributed by atoms with Crippen LogP contribution in [0.15, 0.2) is 29.6 Å². The van der Waals surface area contributed by atoms with Crippen LogP contribution in [0, 0.1) is 11.3 Å². The fourth-order valence-corrected chi connectivity index (χ4v) is 2.13. The summed E-state index contributed by atoms with van der Waals surface area (Å²) in [4.78, 5) is 4.31. The molecule has 1 heterocycles. The first-order valence-electron chi connectivity index (χ1n) is 4.84. The van der Waals surface area contributed by atoms with Crippen LogP contribution in [0.1, 0.15) is 23.6 Å². The van der Waals surface area contributed by atoms with E-state index in [-0.39, 0.29) is 0 Å². The highest BCUT2D eigenvalue weighted by Crippen LogP contribution is 2.25. The molecule has 0 aliphatic rings. The van der Waals surface area contributed by atoms with Crippen molar-refractivity contribution in [2.24, 2.45) is 0 Å². The van der Waals surface area contributed by atoms with Crippen LogP contribution in [-0.4, -0.2) is 10.1 Å². The third-order valence-electron chi connectivity index (χ3n) is 2.17. The Hall–Kier alpha value is -1.70. The molecule has 2 rings (SSSR count). The molecule has 0 saturated carbocycles. The molecule has 0 amide bonds. The van der Waals surface area contributed by atoms with Crippen molar-refractivity contribution < 1.29 is 5.11 Å². The predicted octanol–water partition coefficient (Wildman–Crippen LogP) is 2.74. The fraction of sp³-hybridized carbons (Fsp3) is 0.167. The van der Waals surface area contributed by atoms with Crippen molar-refractivity contribution in [2.75, 3.05) is 0 Å². The van der Waals surface area contributed by atoms with Gasteiger partial charge in [-0.1, -0.05) is 12.1 Å². The predicted molar refractivity (Wildman–Crippen MR) is 62.9 cm³/mol. The van der Waals surface area contributed by atoms with E-state index in [1.165, 1.54) is 11.3 Å². The average Bonchev–Trinajstić information content (AvgIpc) is 2.78. The Bertz CT molecular complexity index is 540. The topological polar surface area (TPSA) is 56.9 Å². The SMILES string of the molecule is CC(O)c1nc(-c2cccc(C#N)c2)cs1. The highest BCUT2D eigenvalue weighted by atomic mass is 32.1. The average molecular weight is 230 g/mol. The molecule has 16 heavy (non-hydrogen) atoms. The van der Waals surface area contributed by atoms with Gasteiger partial charge in [-0.3, -0.25) is 0 Å². The largest absolute Gasteiger partial charge is 0.386 e. The van der Waals surface area contributed by atoms with Gasteiger partial charge in [0.2, 0.25) is 0 Å². The standard InChI is InChI=1S/C12H10N2OS/c1-8(15)12-14-11(7-16-12)10-4-2-3-9(5-10)6-13/h2-5,7-8,15H,1H3. The first-order chi connectivity index (χ1) is 7.70. The first-order valence-corrected chi connectivity index (χ1v) is 5.72. The van der Waals surface area contributed by atoms with E-state index >= 15 is 0 Å². The van der Waals surface area contributed by atoms with Crippen molar-refractivity contribution >= 4 is 11.3 Å². The van der Waals surface area contributed by atoms with Gasteiger partial charge in [0.25, 0.3) is 0 Å². The fourth-order valence-electron chi connectivity index (χ4n) is 1.36. The first kappa shape index (κ1) is 10.8. The maximum Gasteiger partial charge on any atom is 0.122 e. The van der Waals surface area contributed by atoms with Crippen LogP contribution < -0.4 is 0 Å². The van der Waals surface area contributed by atoms with Gasteiger partial charge in [0.15, 0.2) is 0 Å². The van der Waals surface area contributed by atoms with E-state index in [0.29, 0.717) is 10.6 Å². The maximum atomic E-state index is 9.38. The molecule has 80 valence electrons. The molecule has 0 aliphatic carbocycles. The highest BCUT2D eigenvalue weighted by molar-refractivity contribution is 7.10. The Kier molecular flexibility index (Phi) is 3.00. The van der Waals surface area contributed by atoms with Gasteiger partial charge in [-0.25, -0.2) is 4.98 Å². The van der Waals surface area contributed by atoms with Crippen LogP contribution in [0.3, 0.4) is 0 Å². The van der Waals surface area contributed by atoms with Crippen molar-refractivity contribution in [3.05, 3.63) is 40.2 Å². The molecular formula is C12H10N2OS. The summed E-state index contributed by atoms with van der Waals surface area (Å²) in [6.45, 7) is 1.69. The van der Waals surface area contributed by atoms with E-state index in [0.717, 1.165) is 11.3 Å². The van der Waals surface area contributed by atoms with Gasteiger partial charge in [0.1, 0.15) is 11.1 Å². The third kappa shape index (κ3) is 2.11. The summed E-state index contributed by atoms with van der Waals surface area (Å²) in [6.07, 6.45) is -0.544. The lowest BCUT2D eigenvalue weighted by Crippen LogP contribution is -1.89. The van der Waals surface area contributed by atoms with Gasteiger partial charge >= 0.3 is 0 Å². The smallest absolute Gasteiger partial charge is 0.122 e. The van der Waals surface area contributed by atoms with Crippen LogP contribution in [0.25, 0.3) is 11.3 Å². The van der Waals surface area contributed by atoms with Crippen LogP contribution in [0.2, 0.25) is 0 Å². The van der Waals surface area contributed by atoms with Crippen LogP contribution in [0.4, 0.5) is 0 Å². The number of hydrogen-bond donors (Lipinski definition) is 1. The second-order valence-corrected chi connectivity index (χ2v) is 4.33. The molecule has 1 unspecified atom stereocenters. The van der Waals surface area contributed by atoms with Crippen LogP contribution in [-0.2, 0) is 0 Å². The zero-order chi connectivity index (χ0) is 11.5. The lowest BCUT2D eigenvalue weighted by molar-refractivity contribution is 0.199. The van der Waals surface area contributed by atoms with Gasteiger partial charge in [-0.2, -0.15) is 5.26 Å². The van der Waals surface area contributed by atoms with Gasteiger partial charge in [-0.05, 0) is 19.1 Å². The van der Waals surface area contributed by atoms with Crippen molar-refractivity contribution in [2.45, 2.75) is 13.0 Å². The second-order valence-electron chi connectivity index (χ2n) is 3.44. The summed E-state index contributed by atoms with van der Waals surface area (Å²) in [5, 5.41) is 20.8. The summed E-state index contributed by atoms with van der Waals surface area (Å²) in [6, 6.07) is 9.37. The molecule has 3 nitrogen and oxygen atoms in total. The van der Waals surface area contributed by atoms with Gasteiger partial charge in [0, 0.05) is 10.9 Å². The lowest BCUT2D eigenvalue weighted by atomic mass is 10.1. The molecule has 0 aliphatic heterocycles. The number of hydrogen-bond acceptors (Lipinski definition) is 4. The summed E-state index contributed by atoms with van der Waals surface area (Å²) in [5.74, 6) is 0. The van der Waals surface area contributed by atoms with E-state index in [1.807, 2.05) is 17.5 Å². The van der Waals surface area contributed by atoms with Crippen LogP contribution >= 0.6 is 11.3 Å². The Morgan fingerprint density at radius 2 is 2.31 bits per heavy atom. The molecule has 0 fully saturated rings. The molecule has 2 aromatic rings.